The molecule has 448 valence electrons. The van der Waals surface area contributed by atoms with Crippen LogP contribution in [-0.4, -0.2) is 188 Å². The standard InChI is InChI=1S/C59H116O16/c1-12-22-32-62-43-47(65-35-25-15-4)48(44-63-33-23-13-2)73-58(45(11)64-34-24-14-3)74-51-49(61)52(55(69-39-29-19-8)56(70-40-30-20-9)54(51)68-38-28-18-7)75-59-57(71-41-31-21-10)53(67-37-27-17-6)50(46(42-60)72-59)66-36-26-16-5/h45-61H,12-44H2,1-11H3/t45-,46?,47+,48?,49-,50-,51?,52?,53?,54+,55?,56-,57-,58-,59-/m1/s1. The second-order valence-corrected chi connectivity index (χ2v) is 20.6. The molecule has 2 N–H and O–H groups in total. The quantitative estimate of drug-likeness (QED) is 0.0435. The number of aliphatic hydroxyl groups excluding tert-OH is 2. The van der Waals surface area contributed by atoms with Crippen LogP contribution in [0, 0.1) is 0 Å². The van der Waals surface area contributed by atoms with Crippen molar-refractivity contribution in [1.29, 1.82) is 0 Å². The maximum Gasteiger partial charge on any atom is 0.187 e. The highest BCUT2D eigenvalue weighted by Gasteiger charge is 2.58. The molecule has 1 saturated heterocycles. The number of unbranched alkanes of at least 4 members (excludes halogenated alkanes) is 10. The van der Waals surface area contributed by atoms with Crippen LogP contribution in [0.5, 0.6) is 0 Å². The predicted molar refractivity (Wildman–Crippen MR) is 294 cm³/mol. The third-order valence-corrected chi connectivity index (χ3v) is 13.8. The normalized spacial score (nSPS) is 26.9. The summed E-state index contributed by atoms with van der Waals surface area (Å²) in [6.07, 6.45) is 4.97. The summed E-state index contributed by atoms with van der Waals surface area (Å²) in [5.41, 5.74) is 0. The molecule has 0 aromatic carbocycles. The lowest BCUT2D eigenvalue weighted by atomic mass is 9.83. The Morgan fingerprint density at radius 2 is 0.760 bits per heavy atom. The van der Waals surface area contributed by atoms with Crippen molar-refractivity contribution >= 4 is 0 Å². The summed E-state index contributed by atoms with van der Waals surface area (Å²) in [4.78, 5) is 0. The van der Waals surface area contributed by atoms with Gasteiger partial charge < -0.3 is 76.5 Å². The summed E-state index contributed by atoms with van der Waals surface area (Å²) < 4.78 is 95.0. The third-order valence-electron chi connectivity index (χ3n) is 13.8. The van der Waals surface area contributed by atoms with E-state index in [1.54, 1.807) is 0 Å². The minimum Gasteiger partial charge on any atom is -0.394 e. The van der Waals surface area contributed by atoms with Crippen LogP contribution in [0.25, 0.3) is 0 Å². The maximum absolute atomic E-state index is 13.3. The highest BCUT2D eigenvalue weighted by atomic mass is 16.8. The first-order chi connectivity index (χ1) is 36.7. The van der Waals surface area contributed by atoms with Crippen LogP contribution < -0.4 is 0 Å². The number of hydrogen-bond acceptors (Lipinski definition) is 16. The molecule has 0 amide bonds. The van der Waals surface area contributed by atoms with Gasteiger partial charge in [-0.1, -0.05) is 133 Å². The highest BCUT2D eigenvalue weighted by Crippen LogP contribution is 2.38. The molecule has 2 aliphatic rings. The molecule has 16 nitrogen and oxygen atoms in total. The molecule has 0 bridgehead atoms. The zero-order valence-corrected chi connectivity index (χ0v) is 49.6. The van der Waals surface area contributed by atoms with Crippen molar-refractivity contribution in [3.05, 3.63) is 0 Å². The Kier molecular flexibility index (Phi) is 43.2. The Balaban J connectivity index is 2.94. The largest absolute Gasteiger partial charge is 0.394 e. The van der Waals surface area contributed by atoms with E-state index in [-0.39, 0.29) is 13.2 Å². The van der Waals surface area contributed by atoms with Crippen molar-refractivity contribution in [2.24, 2.45) is 0 Å². The monoisotopic (exact) mass is 1080 g/mol. The molecule has 1 aliphatic heterocycles. The highest BCUT2D eigenvalue weighted by molar-refractivity contribution is 5.05. The van der Waals surface area contributed by atoms with E-state index >= 15 is 0 Å². The van der Waals surface area contributed by atoms with E-state index in [2.05, 4.69) is 69.2 Å². The summed E-state index contributed by atoms with van der Waals surface area (Å²) in [7, 11) is 0. The predicted octanol–water partition coefficient (Wildman–Crippen LogP) is 10.7. The Morgan fingerprint density at radius 1 is 0.400 bits per heavy atom. The molecule has 2 fully saturated rings. The molecule has 1 saturated carbocycles. The van der Waals surface area contributed by atoms with Gasteiger partial charge >= 0.3 is 0 Å². The smallest absolute Gasteiger partial charge is 0.187 e. The molecular weight excluding hydrogens is 965 g/mol. The molecule has 16 heteroatoms. The van der Waals surface area contributed by atoms with Crippen LogP contribution in [-0.2, 0) is 66.3 Å². The third kappa shape index (κ3) is 27.1. The lowest BCUT2D eigenvalue weighted by Gasteiger charge is -2.52. The molecular formula is C59H116O16. The van der Waals surface area contributed by atoms with Gasteiger partial charge in [-0.25, -0.2) is 0 Å². The second kappa shape index (κ2) is 46.0. The second-order valence-electron chi connectivity index (χ2n) is 20.6. The average molecular weight is 1080 g/mol. The van der Waals surface area contributed by atoms with E-state index in [0.717, 1.165) is 128 Å². The van der Waals surface area contributed by atoms with Gasteiger partial charge in [0.1, 0.15) is 79.4 Å². The van der Waals surface area contributed by atoms with E-state index in [9.17, 15) is 10.2 Å². The van der Waals surface area contributed by atoms with Gasteiger partial charge in [-0.15, -0.1) is 0 Å². The van der Waals surface area contributed by atoms with Gasteiger partial charge in [0.25, 0.3) is 0 Å². The van der Waals surface area contributed by atoms with E-state index in [1.807, 2.05) is 6.92 Å². The van der Waals surface area contributed by atoms with Crippen LogP contribution in [0.15, 0.2) is 0 Å². The van der Waals surface area contributed by atoms with Crippen molar-refractivity contribution in [2.45, 2.75) is 297 Å². The lowest BCUT2D eigenvalue weighted by Crippen LogP contribution is -2.70. The Morgan fingerprint density at radius 3 is 1.21 bits per heavy atom. The summed E-state index contributed by atoms with van der Waals surface area (Å²) in [5, 5.41) is 24.4. The fourth-order valence-corrected chi connectivity index (χ4v) is 8.90. The minimum absolute atomic E-state index is 0.232. The number of ether oxygens (including phenoxy) is 14. The fraction of sp³-hybridized carbons (Fsp3) is 1.00. The zero-order chi connectivity index (χ0) is 54.9. The molecule has 75 heavy (non-hydrogen) atoms. The first-order valence-electron chi connectivity index (χ1n) is 30.7. The Bertz CT molecular complexity index is 1260. The molecule has 1 heterocycles. The molecule has 2 rings (SSSR count). The fourth-order valence-electron chi connectivity index (χ4n) is 8.90. The van der Waals surface area contributed by atoms with Crippen LogP contribution in [0.1, 0.15) is 205 Å². The van der Waals surface area contributed by atoms with Gasteiger partial charge in [0, 0.05) is 66.1 Å². The summed E-state index contributed by atoms with van der Waals surface area (Å²) >= 11 is 0. The molecule has 0 radical (unpaired) electrons. The first kappa shape index (κ1) is 70.5. The SMILES string of the molecule is CCCCOCC(O[C@H](OC1[C@@H](O)C(O[C@H]2OC(CO)[C@@H](OCCCC)C(OCCCC)[C@H]2OCCCC)C(OCCCC)[C@H](OCCCC)[C@H]1OCCCC)[C@@H](C)OCCCC)[C@H](COCCCC)OCCCC. The van der Waals surface area contributed by atoms with Crippen molar-refractivity contribution in [2.75, 3.05) is 85.9 Å². The Labute approximate surface area is 457 Å². The molecule has 1 aliphatic carbocycles. The minimum atomic E-state index is -1.39. The van der Waals surface area contributed by atoms with Gasteiger partial charge in [-0.2, -0.15) is 0 Å². The summed E-state index contributed by atoms with van der Waals surface area (Å²) in [6, 6.07) is 0. The average Bonchev–Trinajstić information content (AvgIpc) is 3.41. The van der Waals surface area contributed by atoms with Crippen LogP contribution >= 0.6 is 0 Å². The zero-order valence-electron chi connectivity index (χ0n) is 49.6. The van der Waals surface area contributed by atoms with E-state index in [0.29, 0.717) is 72.7 Å². The van der Waals surface area contributed by atoms with E-state index in [1.165, 1.54) is 0 Å². The topological polar surface area (TPSA) is 170 Å². The summed E-state index contributed by atoms with van der Waals surface area (Å²) in [6.45, 7) is 28.2. The maximum atomic E-state index is 13.3. The van der Waals surface area contributed by atoms with Crippen molar-refractivity contribution in [3.63, 3.8) is 0 Å². The number of rotatable bonds is 51. The van der Waals surface area contributed by atoms with E-state index in [4.69, 9.17) is 66.3 Å². The van der Waals surface area contributed by atoms with Gasteiger partial charge in [0.15, 0.2) is 12.6 Å². The van der Waals surface area contributed by atoms with Gasteiger partial charge in [0.05, 0.1) is 19.8 Å². The molecule has 0 spiro atoms. The van der Waals surface area contributed by atoms with Crippen molar-refractivity contribution in [1.82, 2.24) is 0 Å². The van der Waals surface area contributed by atoms with Crippen LogP contribution in [0.4, 0.5) is 0 Å². The summed E-state index contributed by atoms with van der Waals surface area (Å²) in [5.74, 6) is 0. The molecule has 0 aromatic rings. The lowest BCUT2D eigenvalue weighted by molar-refractivity contribution is -0.367. The molecule has 0 aromatic heterocycles. The molecule has 15 atom stereocenters. The van der Waals surface area contributed by atoms with Crippen LogP contribution in [0.3, 0.4) is 0 Å². The molecule has 6 unspecified atom stereocenters. The van der Waals surface area contributed by atoms with Gasteiger partial charge in [-0.05, 0) is 71.1 Å². The Hall–Kier alpha value is -0.640. The van der Waals surface area contributed by atoms with Gasteiger partial charge in [-0.3, -0.25) is 0 Å². The van der Waals surface area contributed by atoms with Crippen molar-refractivity contribution < 1.29 is 76.5 Å². The number of hydrogen-bond donors (Lipinski definition) is 2. The van der Waals surface area contributed by atoms with E-state index < -0.39 is 91.9 Å². The number of aliphatic hydroxyl groups is 2. The van der Waals surface area contributed by atoms with Gasteiger partial charge in [0.2, 0.25) is 0 Å². The van der Waals surface area contributed by atoms with Crippen LogP contribution in [0.2, 0.25) is 0 Å². The van der Waals surface area contributed by atoms with Crippen molar-refractivity contribution in [3.8, 4) is 0 Å². The first-order valence-corrected chi connectivity index (χ1v) is 30.7.